The van der Waals surface area contributed by atoms with Gasteiger partial charge in [-0.1, -0.05) is 33.6 Å². The molecule has 1 aliphatic rings. The fourth-order valence-corrected chi connectivity index (χ4v) is 3.29. The van der Waals surface area contributed by atoms with Crippen LogP contribution in [-0.2, 0) is 9.53 Å². The number of nitrogens with one attached hydrogen (secondary N) is 1. The molecule has 0 bridgehead atoms. The fraction of sp³-hybridized carbons (Fsp3) is 0.316. The third-order valence-corrected chi connectivity index (χ3v) is 4.90. The largest absolute Gasteiger partial charge is 0.481 e. The Hall–Kier alpha value is -1.76. The van der Waals surface area contributed by atoms with Gasteiger partial charge in [0.05, 0.1) is 29.6 Å². The van der Waals surface area contributed by atoms with Gasteiger partial charge in [0, 0.05) is 17.6 Å². The van der Waals surface area contributed by atoms with Crippen LogP contribution < -0.4 is 15.0 Å². The molecule has 2 aromatic carbocycles. The van der Waals surface area contributed by atoms with Crippen molar-refractivity contribution in [3.8, 4) is 5.75 Å². The van der Waals surface area contributed by atoms with Gasteiger partial charge in [0.25, 0.3) is 5.91 Å². The van der Waals surface area contributed by atoms with Gasteiger partial charge in [0.15, 0.2) is 6.10 Å². The maximum Gasteiger partial charge on any atom is 0.265 e. The second-order valence-corrected chi connectivity index (χ2v) is 7.26. The summed E-state index contributed by atoms with van der Waals surface area (Å²) >= 11 is 9.78. The molecular weight excluding hydrogens is 420 g/mol. The van der Waals surface area contributed by atoms with Gasteiger partial charge in [0.1, 0.15) is 5.75 Å². The van der Waals surface area contributed by atoms with Crippen molar-refractivity contribution in [1.82, 2.24) is 0 Å². The lowest BCUT2D eigenvalue weighted by Crippen LogP contribution is -2.37. The second kappa shape index (κ2) is 8.75. The maximum atomic E-state index is 12.6. The summed E-state index contributed by atoms with van der Waals surface area (Å²) in [7, 11) is 0. The number of ether oxygens (including phenoxy) is 2. The highest BCUT2D eigenvalue weighted by atomic mass is 79.9. The highest BCUT2D eigenvalue weighted by molar-refractivity contribution is 9.10. The molecule has 1 aliphatic heterocycles. The third kappa shape index (κ3) is 4.69. The van der Waals surface area contributed by atoms with Crippen molar-refractivity contribution in [2.24, 2.45) is 0 Å². The van der Waals surface area contributed by atoms with Crippen molar-refractivity contribution < 1.29 is 14.3 Å². The predicted molar refractivity (Wildman–Crippen MR) is 107 cm³/mol. The van der Waals surface area contributed by atoms with Crippen LogP contribution in [0.2, 0.25) is 5.02 Å². The highest BCUT2D eigenvalue weighted by Crippen LogP contribution is 2.34. The van der Waals surface area contributed by atoms with Crippen molar-refractivity contribution in [2.75, 3.05) is 36.5 Å². The smallest absolute Gasteiger partial charge is 0.265 e. The molecule has 3 rings (SSSR count). The summed E-state index contributed by atoms with van der Waals surface area (Å²) in [6, 6.07) is 12.9. The quantitative estimate of drug-likeness (QED) is 0.753. The van der Waals surface area contributed by atoms with Gasteiger partial charge in [-0.2, -0.15) is 0 Å². The number of hydrogen-bond donors (Lipinski definition) is 1. The minimum Gasteiger partial charge on any atom is -0.481 e. The first kappa shape index (κ1) is 19.0. The van der Waals surface area contributed by atoms with Gasteiger partial charge >= 0.3 is 0 Å². The molecule has 1 N–H and O–H groups in total. The standard InChI is InChI=1S/C19H20BrClN2O3/c1-13(26-15-7-5-14(20)6-8-15)19(24)22-17-4-2-3-16(21)18(17)23-9-11-25-12-10-23/h2-8,13H,9-12H2,1H3,(H,22,24). The number of carbonyl (C=O) groups excluding carboxylic acids is 1. The number of benzene rings is 2. The number of hydrogen-bond acceptors (Lipinski definition) is 4. The summed E-state index contributed by atoms with van der Waals surface area (Å²) in [5.74, 6) is 0.403. The average molecular weight is 440 g/mol. The lowest BCUT2D eigenvalue weighted by atomic mass is 10.2. The molecule has 0 aromatic heterocycles. The van der Waals surface area contributed by atoms with Crippen LogP contribution >= 0.6 is 27.5 Å². The van der Waals surface area contributed by atoms with E-state index in [0.717, 1.165) is 23.2 Å². The van der Waals surface area contributed by atoms with E-state index in [0.29, 0.717) is 29.7 Å². The molecule has 1 amide bonds. The summed E-state index contributed by atoms with van der Waals surface area (Å²) in [5, 5.41) is 3.54. The zero-order valence-corrected chi connectivity index (χ0v) is 16.7. The molecular formula is C19H20BrClN2O3. The molecule has 1 fully saturated rings. The summed E-state index contributed by atoms with van der Waals surface area (Å²) in [5.41, 5.74) is 1.50. The van der Waals surface area contributed by atoms with Crippen LogP contribution in [0.3, 0.4) is 0 Å². The first-order chi connectivity index (χ1) is 12.5. The van der Waals surface area contributed by atoms with Gasteiger partial charge in [-0.3, -0.25) is 4.79 Å². The number of anilines is 2. The van der Waals surface area contributed by atoms with Crippen molar-refractivity contribution in [1.29, 1.82) is 0 Å². The zero-order chi connectivity index (χ0) is 18.5. The van der Waals surface area contributed by atoms with Crippen molar-refractivity contribution in [3.63, 3.8) is 0 Å². The van der Waals surface area contributed by atoms with Gasteiger partial charge in [-0.25, -0.2) is 0 Å². The van der Waals surface area contributed by atoms with E-state index in [1.165, 1.54) is 0 Å². The van der Waals surface area contributed by atoms with Crippen LogP contribution in [0.25, 0.3) is 0 Å². The van der Waals surface area contributed by atoms with E-state index in [4.69, 9.17) is 21.1 Å². The number of rotatable bonds is 5. The number of morpholine rings is 1. The topological polar surface area (TPSA) is 50.8 Å². The maximum absolute atomic E-state index is 12.6. The van der Waals surface area contributed by atoms with Crippen LogP contribution in [0.1, 0.15) is 6.92 Å². The van der Waals surface area contributed by atoms with E-state index in [2.05, 4.69) is 26.1 Å². The van der Waals surface area contributed by atoms with Crippen LogP contribution in [-0.4, -0.2) is 38.3 Å². The lowest BCUT2D eigenvalue weighted by Gasteiger charge is -2.31. The zero-order valence-electron chi connectivity index (χ0n) is 14.4. The van der Waals surface area contributed by atoms with E-state index >= 15 is 0 Å². The van der Waals surface area contributed by atoms with E-state index < -0.39 is 6.10 Å². The number of amides is 1. The van der Waals surface area contributed by atoms with E-state index in [9.17, 15) is 4.79 Å². The fourth-order valence-electron chi connectivity index (χ4n) is 2.73. The predicted octanol–water partition coefficient (Wildman–Crippen LogP) is 4.35. The lowest BCUT2D eigenvalue weighted by molar-refractivity contribution is -0.122. The molecule has 1 unspecified atom stereocenters. The third-order valence-electron chi connectivity index (χ3n) is 4.07. The number of para-hydroxylation sites is 1. The molecule has 5 nitrogen and oxygen atoms in total. The molecule has 138 valence electrons. The van der Waals surface area contributed by atoms with Gasteiger partial charge < -0.3 is 19.7 Å². The van der Waals surface area contributed by atoms with Gasteiger partial charge in [-0.15, -0.1) is 0 Å². The Kier molecular flexibility index (Phi) is 6.40. The molecule has 26 heavy (non-hydrogen) atoms. The van der Waals surface area contributed by atoms with Gasteiger partial charge in [-0.05, 0) is 43.3 Å². The Balaban J connectivity index is 1.72. The Morgan fingerprint density at radius 2 is 1.92 bits per heavy atom. The van der Waals surface area contributed by atoms with Gasteiger partial charge in [0.2, 0.25) is 0 Å². The summed E-state index contributed by atoms with van der Waals surface area (Å²) < 4.78 is 12.1. The Morgan fingerprint density at radius 1 is 1.23 bits per heavy atom. The monoisotopic (exact) mass is 438 g/mol. The first-order valence-corrected chi connectivity index (χ1v) is 9.56. The molecule has 0 radical (unpaired) electrons. The summed E-state index contributed by atoms with van der Waals surface area (Å²) in [4.78, 5) is 14.7. The summed E-state index contributed by atoms with van der Waals surface area (Å²) in [6.07, 6.45) is -0.646. The molecule has 1 saturated heterocycles. The van der Waals surface area contributed by atoms with Crippen molar-refractivity contribution in [3.05, 3.63) is 52.0 Å². The molecule has 7 heteroatoms. The van der Waals surface area contributed by atoms with Crippen molar-refractivity contribution >= 4 is 44.8 Å². The van der Waals surface area contributed by atoms with Crippen LogP contribution in [0.5, 0.6) is 5.75 Å². The molecule has 1 atom stereocenters. The molecule has 0 saturated carbocycles. The highest BCUT2D eigenvalue weighted by Gasteiger charge is 2.21. The Bertz CT molecular complexity index is 764. The number of nitrogens with zero attached hydrogens (tertiary/aromatic N) is 1. The normalized spacial score (nSPS) is 15.4. The minimum absolute atomic E-state index is 0.232. The Morgan fingerprint density at radius 3 is 2.62 bits per heavy atom. The first-order valence-electron chi connectivity index (χ1n) is 8.39. The van der Waals surface area contributed by atoms with Crippen molar-refractivity contribution in [2.45, 2.75) is 13.0 Å². The minimum atomic E-state index is -0.646. The van der Waals surface area contributed by atoms with Crippen LogP contribution in [0.15, 0.2) is 46.9 Å². The number of halogens is 2. The molecule has 0 aliphatic carbocycles. The summed E-state index contributed by atoms with van der Waals surface area (Å²) in [6.45, 7) is 4.47. The van der Waals surface area contributed by atoms with E-state index in [1.54, 1.807) is 6.92 Å². The molecule has 1 heterocycles. The van der Waals surface area contributed by atoms with E-state index in [-0.39, 0.29) is 5.91 Å². The number of carbonyl (C=O) groups is 1. The Labute approximate surface area is 166 Å². The molecule has 2 aromatic rings. The second-order valence-electron chi connectivity index (χ2n) is 5.94. The van der Waals surface area contributed by atoms with Crippen LogP contribution in [0, 0.1) is 0 Å². The average Bonchev–Trinajstić information content (AvgIpc) is 2.64. The van der Waals surface area contributed by atoms with Crippen LogP contribution in [0.4, 0.5) is 11.4 Å². The van der Waals surface area contributed by atoms with E-state index in [1.807, 2.05) is 42.5 Å². The SMILES string of the molecule is CC(Oc1ccc(Br)cc1)C(=O)Nc1cccc(Cl)c1N1CCOCC1. The molecule has 0 spiro atoms.